The molecule has 2 saturated carbocycles. The van der Waals surface area contributed by atoms with Crippen molar-refractivity contribution >= 4 is 11.9 Å². The van der Waals surface area contributed by atoms with Gasteiger partial charge < -0.3 is 24.1 Å². The maximum Gasteiger partial charge on any atom is 0.312 e. The number of aliphatic hydroxyl groups excluding tert-OH is 1. The number of esters is 2. The van der Waals surface area contributed by atoms with Gasteiger partial charge >= 0.3 is 11.9 Å². The molecule has 1 spiro atoms. The van der Waals surface area contributed by atoms with Crippen molar-refractivity contribution in [3.8, 4) is 0 Å². The van der Waals surface area contributed by atoms with Gasteiger partial charge in [0.25, 0.3) is 0 Å². The number of hydrogen-bond acceptors (Lipinski definition) is 7. The maximum absolute atomic E-state index is 13.1. The predicted molar refractivity (Wildman–Crippen MR) is 114 cm³/mol. The zero-order valence-electron chi connectivity index (χ0n) is 19.4. The molecule has 0 radical (unpaired) electrons. The minimum atomic E-state index is -0.614. The highest BCUT2D eigenvalue weighted by Gasteiger charge is 2.70. The van der Waals surface area contributed by atoms with E-state index in [1.165, 1.54) is 7.11 Å². The Bertz CT molecular complexity index is 823. The van der Waals surface area contributed by atoms with Gasteiger partial charge in [-0.05, 0) is 60.8 Å². The molecule has 32 heavy (non-hydrogen) atoms. The zero-order valence-corrected chi connectivity index (χ0v) is 19.4. The molecule has 8 atom stereocenters. The first-order chi connectivity index (χ1) is 15.3. The summed E-state index contributed by atoms with van der Waals surface area (Å²) in [4.78, 5) is 25.2. The molecule has 7 nitrogen and oxygen atoms in total. The summed E-state index contributed by atoms with van der Waals surface area (Å²) in [5, 5.41) is 11.7. The molecule has 4 fully saturated rings. The maximum atomic E-state index is 13.1. The number of ether oxygens (including phenoxy) is 4. The van der Waals surface area contributed by atoms with Crippen molar-refractivity contribution in [3.05, 3.63) is 11.6 Å². The molecule has 0 amide bonds. The lowest BCUT2D eigenvalue weighted by Gasteiger charge is -2.60. The van der Waals surface area contributed by atoms with Gasteiger partial charge in [0, 0.05) is 18.4 Å². The van der Waals surface area contributed by atoms with E-state index < -0.39 is 17.6 Å². The highest BCUT2D eigenvalue weighted by atomic mass is 16.6. The van der Waals surface area contributed by atoms with E-state index in [1.807, 2.05) is 0 Å². The highest BCUT2D eigenvalue weighted by molar-refractivity contribution is 5.76. The fourth-order valence-electron chi connectivity index (χ4n) is 8.20. The summed E-state index contributed by atoms with van der Waals surface area (Å²) in [5.74, 6) is -0.866. The molecule has 3 aliphatic carbocycles. The van der Waals surface area contributed by atoms with Gasteiger partial charge in [-0.1, -0.05) is 19.9 Å². The predicted octanol–water partition coefficient (Wildman–Crippen LogP) is 2.65. The van der Waals surface area contributed by atoms with Crippen LogP contribution in [0, 0.1) is 34.5 Å². The van der Waals surface area contributed by atoms with Crippen molar-refractivity contribution in [2.24, 2.45) is 34.5 Å². The second kappa shape index (κ2) is 7.81. The van der Waals surface area contributed by atoms with Crippen molar-refractivity contribution in [2.75, 3.05) is 33.5 Å². The lowest BCUT2D eigenvalue weighted by molar-refractivity contribution is -0.192. The van der Waals surface area contributed by atoms with Crippen LogP contribution in [0.4, 0.5) is 0 Å². The molecule has 0 aromatic carbocycles. The van der Waals surface area contributed by atoms with Gasteiger partial charge in [0.05, 0.1) is 39.0 Å². The monoisotopic (exact) mass is 448 g/mol. The Balaban J connectivity index is 1.61. The minimum Gasteiger partial charge on any atom is -0.469 e. The molecule has 0 aromatic heterocycles. The van der Waals surface area contributed by atoms with Crippen molar-refractivity contribution < 1.29 is 33.6 Å². The summed E-state index contributed by atoms with van der Waals surface area (Å²) < 4.78 is 22.9. The third-order valence-corrected chi connectivity index (χ3v) is 9.82. The van der Waals surface area contributed by atoms with Crippen LogP contribution in [-0.4, -0.2) is 62.3 Å². The summed E-state index contributed by atoms with van der Waals surface area (Å²) in [6.45, 7) is 6.48. The Morgan fingerprint density at radius 2 is 1.94 bits per heavy atom. The van der Waals surface area contributed by atoms with Crippen LogP contribution in [0.5, 0.6) is 0 Å². The molecule has 5 rings (SSSR count). The molecule has 5 aliphatic rings. The third kappa shape index (κ3) is 3.03. The number of rotatable bonds is 1. The molecular formula is C25H36O7. The summed E-state index contributed by atoms with van der Waals surface area (Å²) in [6, 6.07) is 0. The van der Waals surface area contributed by atoms with Crippen LogP contribution >= 0.6 is 0 Å². The van der Waals surface area contributed by atoms with E-state index in [2.05, 4.69) is 19.9 Å². The standard InChI is InChI=1S/C25H36O7/c1-23-8-9-30-10-11-31-14-15(23)12-16(22(28)29-3)20-17-4-6-25(7-5-19(27)32-25)24(17,2)13-18(26)21(20)23/h12,16-18,20-21,26H,4-11,13-14H2,1-3H3/t16-,17+,18-,20?,21?,23?,24?,25?/m1/s1. The minimum absolute atomic E-state index is 0.0793. The zero-order chi connectivity index (χ0) is 22.7. The third-order valence-electron chi connectivity index (χ3n) is 9.82. The normalized spacial score (nSPS) is 48.4. The Morgan fingerprint density at radius 3 is 2.66 bits per heavy atom. The fourth-order valence-corrected chi connectivity index (χ4v) is 8.20. The number of fused-ring (bicyclic) bond motifs is 6. The van der Waals surface area contributed by atoms with Gasteiger partial charge in [-0.25, -0.2) is 0 Å². The average Bonchev–Trinajstić information content (AvgIpc) is 3.29. The molecule has 2 aliphatic heterocycles. The van der Waals surface area contributed by atoms with E-state index in [0.717, 1.165) is 24.8 Å². The van der Waals surface area contributed by atoms with Crippen LogP contribution in [0.1, 0.15) is 52.4 Å². The Morgan fingerprint density at radius 1 is 1.16 bits per heavy atom. The first kappa shape index (κ1) is 22.4. The van der Waals surface area contributed by atoms with E-state index >= 15 is 0 Å². The van der Waals surface area contributed by atoms with E-state index in [-0.39, 0.29) is 40.5 Å². The number of carbonyl (C=O) groups is 2. The molecule has 7 heteroatoms. The average molecular weight is 449 g/mol. The van der Waals surface area contributed by atoms with Gasteiger partial charge in [-0.3, -0.25) is 9.59 Å². The van der Waals surface area contributed by atoms with Crippen LogP contribution in [0.15, 0.2) is 11.6 Å². The first-order valence-electron chi connectivity index (χ1n) is 12.1. The largest absolute Gasteiger partial charge is 0.469 e. The molecule has 5 unspecified atom stereocenters. The topological polar surface area (TPSA) is 91.3 Å². The molecule has 2 heterocycles. The molecular weight excluding hydrogens is 412 g/mol. The van der Waals surface area contributed by atoms with E-state index in [9.17, 15) is 14.7 Å². The first-order valence-corrected chi connectivity index (χ1v) is 12.1. The SMILES string of the molecule is COC(=O)[C@@H]1C=C2COCCOCCC2(C)C2C1[C@@H]1CCC3(CCC(=O)O3)C1(C)C[C@H]2O. The van der Waals surface area contributed by atoms with Gasteiger partial charge in [-0.15, -0.1) is 0 Å². The van der Waals surface area contributed by atoms with Crippen LogP contribution in [0.25, 0.3) is 0 Å². The Hall–Kier alpha value is -1.44. The summed E-state index contributed by atoms with van der Waals surface area (Å²) in [7, 11) is 1.44. The van der Waals surface area contributed by atoms with Gasteiger partial charge in [0.15, 0.2) is 0 Å². The van der Waals surface area contributed by atoms with Crippen molar-refractivity contribution in [2.45, 2.75) is 64.1 Å². The summed E-state index contributed by atoms with van der Waals surface area (Å²) in [5.41, 5.74) is -0.152. The van der Waals surface area contributed by atoms with Crippen molar-refractivity contribution in [1.29, 1.82) is 0 Å². The number of aliphatic hydroxyl groups is 1. The quantitative estimate of drug-likeness (QED) is 0.487. The lowest BCUT2D eigenvalue weighted by atomic mass is 9.45. The van der Waals surface area contributed by atoms with Crippen LogP contribution in [0.3, 0.4) is 0 Å². The summed E-state index contributed by atoms with van der Waals surface area (Å²) >= 11 is 0. The van der Waals surface area contributed by atoms with Crippen LogP contribution in [0.2, 0.25) is 0 Å². The Labute approximate surface area is 189 Å². The molecule has 0 bridgehead atoms. The van der Waals surface area contributed by atoms with E-state index in [0.29, 0.717) is 45.7 Å². The number of carbonyl (C=O) groups excluding carboxylic acids is 2. The van der Waals surface area contributed by atoms with Crippen molar-refractivity contribution in [1.82, 2.24) is 0 Å². The van der Waals surface area contributed by atoms with Gasteiger partial charge in [0.1, 0.15) is 5.60 Å². The fraction of sp³-hybridized carbons (Fsp3) is 0.840. The Kier molecular flexibility index (Phi) is 5.46. The second-order valence-electron chi connectivity index (χ2n) is 11.0. The van der Waals surface area contributed by atoms with Crippen LogP contribution < -0.4 is 0 Å². The molecule has 178 valence electrons. The number of hydrogen-bond donors (Lipinski definition) is 1. The van der Waals surface area contributed by atoms with Gasteiger partial charge in [-0.2, -0.15) is 0 Å². The summed E-state index contributed by atoms with van der Waals surface area (Å²) in [6.07, 6.45) is 5.62. The number of methoxy groups -OCH3 is 1. The smallest absolute Gasteiger partial charge is 0.312 e. The second-order valence-corrected chi connectivity index (χ2v) is 11.0. The molecule has 2 saturated heterocycles. The van der Waals surface area contributed by atoms with E-state index in [1.54, 1.807) is 0 Å². The highest BCUT2D eigenvalue weighted by Crippen LogP contribution is 2.69. The van der Waals surface area contributed by atoms with Crippen LogP contribution in [-0.2, 0) is 28.5 Å². The van der Waals surface area contributed by atoms with Gasteiger partial charge in [0.2, 0.25) is 0 Å². The lowest BCUT2D eigenvalue weighted by Crippen LogP contribution is -2.61. The molecule has 0 aromatic rings. The molecule has 1 N–H and O–H groups in total. The van der Waals surface area contributed by atoms with E-state index in [4.69, 9.17) is 18.9 Å². The van der Waals surface area contributed by atoms with Crippen molar-refractivity contribution in [3.63, 3.8) is 0 Å².